The molecule has 2 rings (SSSR count). The van der Waals surface area contributed by atoms with E-state index in [4.69, 9.17) is 4.74 Å². The third kappa shape index (κ3) is 2.88. The molecule has 2 N–H and O–H groups in total. The minimum Gasteiger partial charge on any atom is -0.379 e. The Bertz CT molecular complexity index is 456. The summed E-state index contributed by atoms with van der Waals surface area (Å²) in [6.45, 7) is 0.902. The number of anilines is 1. The Morgan fingerprint density at radius 2 is 2.28 bits per heavy atom. The van der Waals surface area contributed by atoms with Gasteiger partial charge in [-0.25, -0.2) is 4.39 Å². The fourth-order valence-electron chi connectivity index (χ4n) is 1.91. The number of benzene rings is 1. The molecule has 2 unspecified atom stereocenters. The van der Waals surface area contributed by atoms with Crippen LogP contribution in [0.25, 0.3) is 0 Å². The normalized spacial score (nSPS) is 23.1. The Labute approximate surface area is 113 Å². The van der Waals surface area contributed by atoms with Crippen LogP contribution >= 0.6 is 15.9 Å². The fraction of sp³-hybridized carbons (Fsp3) is 0.417. The molecular formula is C12H14BrFN2O2. The molecule has 1 amide bonds. The summed E-state index contributed by atoms with van der Waals surface area (Å²) >= 11 is 3.06. The van der Waals surface area contributed by atoms with Gasteiger partial charge < -0.3 is 15.4 Å². The molecule has 4 nitrogen and oxygen atoms in total. The van der Waals surface area contributed by atoms with Crippen molar-refractivity contribution in [1.29, 1.82) is 0 Å². The van der Waals surface area contributed by atoms with Crippen LogP contribution in [0.3, 0.4) is 0 Å². The van der Waals surface area contributed by atoms with Crippen molar-refractivity contribution in [2.75, 3.05) is 25.6 Å². The molecule has 6 heteroatoms. The average molecular weight is 317 g/mol. The van der Waals surface area contributed by atoms with Gasteiger partial charge >= 0.3 is 0 Å². The van der Waals surface area contributed by atoms with Gasteiger partial charge in [0.15, 0.2) is 0 Å². The highest BCUT2D eigenvalue weighted by Gasteiger charge is 2.32. The lowest BCUT2D eigenvalue weighted by Crippen LogP contribution is -2.39. The standard InChI is InChI=1S/C12H14BrFN2O2/c1-15-11-6-18-5-8(11)12(17)16-7-2-3-9(13)10(14)4-7/h2-4,8,11,15H,5-6H2,1H3,(H,16,17). The zero-order valence-electron chi connectivity index (χ0n) is 9.87. The summed E-state index contributed by atoms with van der Waals surface area (Å²) in [4.78, 5) is 12.0. The molecule has 0 saturated carbocycles. The maximum Gasteiger partial charge on any atom is 0.231 e. The zero-order valence-corrected chi connectivity index (χ0v) is 11.5. The van der Waals surface area contributed by atoms with E-state index >= 15 is 0 Å². The molecule has 0 spiro atoms. The van der Waals surface area contributed by atoms with Crippen molar-refractivity contribution in [2.45, 2.75) is 6.04 Å². The van der Waals surface area contributed by atoms with Gasteiger partial charge in [-0.3, -0.25) is 4.79 Å². The van der Waals surface area contributed by atoms with Crippen LogP contribution in [0.1, 0.15) is 0 Å². The maximum atomic E-state index is 13.3. The van der Waals surface area contributed by atoms with Gasteiger partial charge in [-0.1, -0.05) is 0 Å². The van der Waals surface area contributed by atoms with E-state index in [1.165, 1.54) is 6.07 Å². The van der Waals surface area contributed by atoms with Gasteiger partial charge in [-0.05, 0) is 41.2 Å². The Morgan fingerprint density at radius 3 is 2.94 bits per heavy atom. The topological polar surface area (TPSA) is 50.4 Å². The van der Waals surface area contributed by atoms with E-state index in [0.29, 0.717) is 23.4 Å². The maximum absolute atomic E-state index is 13.3. The second-order valence-electron chi connectivity index (χ2n) is 4.16. The fourth-order valence-corrected chi connectivity index (χ4v) is 2.15. The molecule has 1 fully saturated rings. The largest absolute Gasteiger partial charge is 0.379 e. The molecule has 0 aromatic heterocycles. The summed E-state index contributed by atoms with van der Waals surface area (Å²) in [6, 6.07) is 4.50. The smallest absolute Gasteiger partial charge is 0.231 e. The number of rotatable bonds is 3. The van der Waals surface area contributed by atoms with E-state index < -0.39 is 5.82 Å². The summed E-state index contributed by atoms with van der Waals surface area (Å²) in [5.74, 6) is -0.809. The average Bonchev–Trinajstić information content (AvgIpc) is 2.82. The third-order valence-electron chi connectivity index (χ3n) is 2.98. The third-order valence-corrected chi connectivity index (χ3v) is 3.62. The molecule has 1 aliphatic rings. The molecule has 0 bridgehead atoms. The monoisotopic (exact) mass is 316 g/mol. The van der Waals surface area contributed by atoms with Crippen molar-refractivity contribution in [3.8, 4) is 0 Å². The first-order chi connectivity index (χ1) is 8.61. The van der Waals surface area contributed by atoms with Crippen LogP contribution in [-0.2, 0) is 9.53 Å². The van der Waals surface area contributed by atoms with Crippen molar-refractivity contribution >= 4 is 27.5 Å². The Balaban J connectivity index is 2.04. The molecule has 18 heavy (non-hydrogen) atoms. The lowest BCUT2D eigenvalue weighted by molar-refractivity contribution is -0.120. The van der Waals surface area contributed by atoms with Gasteiger partial charge in [0, 0.05) is 11.7 Å². The van der Waals surface area contributed by atoms with Crippen LogP contribution in [0.2, 0.25) is 0 Å². The minimum absolute atomic E-state index is 0.00490. The van der Waals surface area contributed by atoms with Crippen LogP contribution in [0.15, 0.2) is 22.7 Å². The molecule has 98 valence electrons. The summed E-state index contributed by atoms with van der Waals surface area (Å²) in [6.07, 6.45) is 0. The van der Waals surface area contributed by atoms with Crippen LogP contribution in [0.4, 0.5) is 10.1 Å². The Morgan fingerprint density at radius 1 is 1.50 bits per heavy atom. The lowest BCUT2D eigenvalue weighted by Gasteiger charge is -2.16. The summed E-state index contributed by atoms with van der Waals surface area (Å²) in [5, 5.41) is 5.73. The first-order valence-corrected chi connectivity index (χ1v) is 6.42. The number of hydrogen-bond donors (Lipinski definition) is 2. The van der Waals surface area contributed by atoms with Crippen molar-refractivity contribution in [1.82, 2.24) is 5.32 Å². The van der Waals surface area contributed by atoms with Gasteiger partial charge in [-0.15, -0.1) is 0 Å². The van der Waals surface area contributed by atoms with E-state index in [1.807, 2.05) is 0 Å². The highest BCUT2D eigenvalue weighted by molar-refractivity contribution is 9.10. The molecule has 0 radical (unpaired) electrons. The van der Waals surface area contributed by atoms with Crippen LogP contribution in [0, 0.1) is 11.7 Å². The van der Waals surface area contributed by atoms with Gasteiger partial charge in [0.25, 0.3) is 0 Å². The summed E-state index contributed by atoms with van der Waals surface area (Å²) in [5.41, 5.74) is 0.447. The second-order valence-corrected chi connectivity index (χ2v) is 5.01. The van der Waals surface area contributed by atoms with Gasteiger partial charge in [0.05, 0.1) is 23.6 Å². The van der Waals surface area contributed by atoms with Gasteiger partial charge in [-0.2, -0.15) is 0 Å². The Hall–Kier alpha value is -0.980. The van der Waals surface area contributed by atoms with Crippen LogP contribution in [0.5, 0.6) is 0 Å². The van der Waals surface area contributed by atoms with Gasteiger partial charge in [0.1, 0.15) is 5.82 Å². The molecule has 1 aromatic rings. The predicted octanol–water partition coefficient (Wildman–Crippen LogP) is 1.76. The van der Waals surface area contributed by atoms with E-state index in [1.54, 1.807) is 19.2 Å². The highest BCUT2D eigenvalue weighted by Crippen LogP contribution is 2.21. The lowest BCUT2D eigenvalue weighted by atomic mass is 10.0. The predicted molar refractivity (Wildman–Crippen MR) is 69.9 cm³/mol. The highest BCUT2D eigenvalue weighted by atomic mass is 79.9. The zero-order chi connectivity index (χ0) is 13.1. The van der Waals surface area contributed by atoms with Crippen molar-refractivity contribution in [2.24, 2.45) is 5.92 Å². The number of likely N-dealkylation sites (N-methyl/N-ethyl adjacent to an activating group) is 1. The van der Waals surface area contributed by atoms with Crippen molar-refractivity contribution in [3.05, 3.63) is 28.5 Å². The summed E-state index contributed by atoms with van der Waals surface area (Å²) < 4.78 is 18.9. The molecule has 0 aliphatic carbocycles. The first kappa shape index (κ1) is 13.5. The molecular weight excluding hydrogens is 303 g/mol. The Kier molecular flexibility index (Phi) is 4.31. The number of carbonyl (C=O) groups is 1. The number of ether oxygens (including phenoxy) is 1. The second kappa shape index (κ2) is 5.77. The van der Waals surface area contributed by atoms with Crippen molar-refractivity contribution in [3.63, 3.8) is 0 Å². The van der Waals surface area contributed by atoms with Crippen LogP contribution < -0.4 is 10.6 Å². The SMILES string of the molecule is CNC1COCC1C(=O)Nc1ccc(Br)c(F)c1. The summed E-state index contributed by atoms with van der Waals surface area (Å²) in [7, 11) is 1.79. The molecule has 1 heterocycles. The minimum atomic E-state index is -0.402. The van der Waals surface area contributed by atoms with E-state index in [-0.39, 0.29) is 17.9 Å². The quantitative estimate of drug-likeness (QED) is 0.893. The molecule has 1 saturated heterocycles. The van der Waals surface area contributed by atoms with Gasteiger partial charge in [0.2, 0.25) is 5.91 Å². The van der Waals surface area contributed by atoms with E-state index in [0.717, 1.165) is 0 Å². The van der Waals surface area contributed by atoms with E-state index in [9.17, 15) is 9.18 Å². The number of amides is 1. The van der Waals surface area contributed by atoms with Crippen LogP contribution in [-0.4, -0.2) is 32.2 Å². The van der Waals surface area contributed by atoms with Crippen molar-refractivity contribution < 1.29 is 13.9 Å². The van der Waals surface area contributed by atoms with E-state index in [2.05, 4.69) is 26.6 Å². The number of carbonyl (C=O) groups excluding carboxylic acids is 1. The first-order valence-electron chi connectivity index (χ1n) is 5.62. The number of hydrogen-bond acceptors (Lipinski definition) is 3. The molecule has 2 atom stereocenters. The molecule has 1 aromatic carbocycles. The molecule has 1 aliphatic heterocycles. The number of halogens is 2. The number of nitrogens with one attached hydrogen (secondary N) is 2.